The Morgan fingerprint density at radius 2 is 1.91 bits per heavy atom. The number of sulfonamides is 1. The number of benzene rings is 1. The predicted octanol–water partition coefficient (Wildman–Crippen LogP) is 3.53. The number of hydrogen-bond acceptors (Lipinski definition) is 6. The summed E-state index contributed by atoms with van der Waals surface area (Å²) in [6.07, 6.45) is 3.91. The van der Waals surface area contributed by atoms with Crippen LogP contribution >= 0.6 is 12.2 Å². The van der Waals surface area contributed by atoms with E-state index in [9.17, 15) is 8.42 Å². The third-order valence-electron chi connectivity index (χ3n) is 5.96. The first-order valence-electron chi connectivity index (χ1n) is 11.4. The minimum absolute atomic E-state index is 0.200. The van der Waals surface area contributed by atoms with Crippen molar-refractivity contribution in [2.24, 2.45) is 0 Å². The number of aromatic nitrogens is 3. The van der Waals surface area contributed by atoms with Crippen molar-refractivity contribution < 1.29 is 13.2 Å². The van der Waals surface area contributed by atoms with Gasteiger partial charge >= 0.3 is 0 Å². The number of ether oxygens (including phenoxy) is 1. The molecule has 1 saturated heterocycles. The standard InChI is InChI=1S/C23H31N5O3S2/c1-3-26(4-2)33(29,30)21-12-13-22-24-28(23(32)27(22)17-21)18-25(16-20-11-8-14-31-20)15-19-9-6-5-7-10-19/h5-7,9-10,12-13,17,20H,3-4,8,11,14-16,18H2,1-2H3. The minimum Gasteiger partial charge on any atom is -0.377 e. The van der Waals surface area contributed by atoms with Gasteiger partial charge in [-0.1, -0.05) is 44.2 Å². The molecule has 178 valence electrons. The molecule has 1 atom stereocenters. The maximum atomic E-state index is 13.0. The molecule has 33 heavy (non-hydrogen) atoms. The number of hydrogen-bond donors (Lipinski definition) is 0. The molecule has 3 heterocycles. The van der Waals surface area contributed by atoms with Crippen LogP contribution in [0.5, 0.6) is 0 Å². The first-order valence-corrected chi connectivity index (χ1v) is 13.2. The Labute approximate surface area is 200 Å². The zero-order valence-electron chi connectivity index (χ0n) is 19.1. The smallest absolute Gasteiger partial charge is 0.244 e. The Balaban J connectivity index is 1.63. The normalized spacial score (nSPS) is 16.9. The number of nitrogens with zero attached hydrogens (tertiary/aromatic N) is 5. The van der Waals surface area contributed by atoms with E-state index in [0.717, 1.165) is 32.5 Å². The lowest BCUT2D eigenvalue weighted by Gasteiger charge is -2.25. The van der Waals surface area contributed by atoms with Crippen LogP contribution in [0.1, 0.15) is 32.3 Å². The second-order valence-electron chi connectivity index (χ2n) is 8.24. The van der Waals surface area contributed by atoms with Crippen molar-refractivity contribution in [1.29, 1.82) is 0 Å². The topological polar surface area (TPSA) is 72.1 Å². The fraction of sp³-hybridized carbons (Fsp3) is 0.478. The molecule has 10 heteroatoms. The van der Waals surface area contributed by atoms with Gasteiger partial charge in [0.05, 0.1) is 17.7 Å². The highest BCUT2D eigenvalue weighted by atomic mass is 32.2. The van der Waals surface area contributed by atoms with Gasteiger partial charge in [0.15, 0.2) is 5.65 Å². The van der Waals surface area contributed by atoms with Gasteiger partial charge in [-0.15, -0.1) is 0 Å². The molecular formula is C23H31N5O3S2. The maximum Gasteiger partial charge on any atom is 0.244 e. The highest BCUT2D eigenvalue weighted by Gasteiger charge is 2.23. The van der Waals surface area contributed by atoms with Crippen molar-refractivity contribution in [3.63, 3.8) is 0 Å². The summed E-state index contributed by atoms with van der Waals surface area (Å²) in [6, 6.07) is 13.6. The highest BCUT2D eigenvalue weighted by molar-refractivity contribution is 7.89. The van der Waals surface area contributed by atoms with E-state index in [1.807, 2.05) is 32.0 Å². The van der Waals surface area contributed by atoms with Crippen molar-refractivity contribution in [3.05, 3.63) is 59.0 Å². The second-order valence-corrected chi connectivity index (χ2v) is 10.5. The molecule has 1 aromatic carbocycles. The Hall–Kier alpha value is -2.11. The molecule has 0 amide bonds. The van der Waals surface area contributed by atoms with Gasteiger partial charge in [-0.25, -0.2) is 13.1 Å². The van der Waals surface area contributed by atoms with Crippen molar-refractivity contribution in [1.82, 2.24) is 23.4 Å². The van der Waals surface area contributed by atoms with E-state index in [2.05, 4.69) is 22.1 Å². The zero-order valence-corrected chi connectivity index (χ0v) is 20.8. The molecule has 4 rings (SSSR count). The van der Waals surface area contributed by atoms with Crippen LogP contribution in [0, 0.1) is 4.77 Å². The fourth-order valence-corrected chi connectivity index (χ4v) is 5.94. The molecule has 1 aliphatic heterocycles. The van der Waals surface area contributed by atoms with E-state index in [0.29, 0.717) is 30.2 Å². The van der Waals surface area contributed by atoms with Gasteiger partial charge in [0, 0.05) is 39.0 Å². The summed E-state index contributed by atoms with van der Waals surface area (Å²) in [7, 11) is -3.58. The molecule has 0 N–H and O–H groups in total. The average molecular weight is 490 g/mol. The van der Waals surface area contributed by atoms with Crippen molar-refractivity contribution in [2.75, 3.05) is 26.2 Å². The zero-order chi connectivity index (χ0) is 23.4. The van der Waals surface area contributed by atoms with Crippen molar-refractivity contribution in [3.8, 4) is 0 Å². The molecule has 3 aromatic rings. The molecule has 8 nitrogen and oxygen atoms in total. The largest absolute Gasteiger partial charge is 0.377 e. The summed E-state index contributed by atoms with van der Waals surface area (Å²) in [5.74, 6) is 0. The number of rotatable bonds is 10. The molecule has 0 radical (unpaired) electrons. The van der Waals surface area contributed by atoms with Crippen LogP contribution < -0.4 is 0 Å². The molecular weight excluding hydrogens is 458 g/mol. The first-order chi connectivity index (χ1) is 15.9. The summed E-state index contributed by atoms with van der Waals surface area (Å²) in [4.78, 5) is 2.50. The molecule has 0 bridgehead atoms. The Bertz CT molecular complexity index is 1230. The van der Waals surface area contributed by atoms with E-state index in [4.69, 9.17) is 17.0 Å². The maximum absolute atomic E-state index is 13.0. The molecule has 1 unspecified atom stereocenters. The summed E-state index contributed by atoms with van der Waals surface area (Å²) in [6.45, 7) is 7.33. The van der Waals surface area contributed by atoms with Crippen LogP contribution in [0.25, 0.3) is 5.65 Å². The van der Waals surface area contributed by atoms with E-state index in [1.165, 1.54) is 9.87 Å². The van der Waals surface area contributed by atoms with Gasteiger partial charge < -0.3 is 4.74 Å². The quantitative estimate of drug-likeness (QED) is 0.406. The van der Waals surface area contributed by atoms with E-state index < -0.39 is 10.0 Å². The fourth-order valence-electron chi connectivity index (χ4n) is 4.24. The second kappa shape index (κ2) is 10.4. The van der Waals surface area contributed by atoms with E-state index >= 15 is 0 Å². The van der Waals surface area contributed by atoms with Crippen LogP contribution in [0.4, 0.5) is 0 Å². The van der Waals surface area contributed by atoms with Crippen LogP contribution in [0.2, 0.25) is 0 Å². The highest BCUT2D eigenvalue weighted by Crippen LogP contribution is 2.19. The van der Waals surface area contributed by atoms with Crippen LogP contribution in [-0.4, -0.2) is 64.1 Å². The first kappa shape index (κ1) is 24.0. The lowest BCUT2D eigenvalue weighted by molar-refractivity contribution is 0.0568. The third-order valence-corrected chi connectivity index (χ3v) is 8.40. The summed E-state index contributed by atoms with van der Waals surface area (Å²) >= 11 is 5.69. The van der Waals surface area contributed by atoms with Gasteiger partial charge in [0.2, 0.25) is 14.8 Å². The van der Waals surface area contributed by atoms with E-state index in [-0.39, 0.29) is 11.0 Å². The summed E-state index contributed by atoms with van der Waals surface area (Å²) in [5.41, 5.74) is 1.83. The molecule has 1 fully saturated rings. The van der Waals surface area contributed by atoms with Crippen molar-refractivity contribution >= 4 is 27.9 Å². The number of pyridine rings is 1. The molecule has 1 aliphatic rings. The van der Waals surface area contributed by atoms with Crippen LogP contribution in [0.3, 0.4) is 0 Å². The van der Waals surface area contributed by atoms with E-state index in [1.54, 1.807) is 27.4 Å². The number of fused-ring (bicyclic) bond motifs is 1. The molecule has 0 aliphatic carbocycles. The Morgan fingerprint density at radius 1 is 1.15 bits per heavy atom. The van der Waals surface area contributed by atoms with Gasteiger partial charge in [0.1, 0.15) is 0 Å². The summed E-state index contributed by atoms with van der Waals surface area (Å²) < 4.78 is 37.1. The Morgan fingerprint density at radius 3 is 2.58 bits per heavy atom. The molecule has 0 spiro atoms. The van der Waals surface area contributed by atoms with Gasteiger partial charge in [-0.2, -0.15) is 9.40 Å². The third kappa shape index (κ3) is 5.36. The summed E-state index contributed by atoms with van der Waals surface area (Å²) in [5, 5.41) is 4.66. The lowest BCUT2D eigenvalue weighted by Crippen LogP contribution is -2.34. The van der Waals surface area contributed by atoms with Crippen LogP contribution in [-0.2, 0) is 28.0 Å². The van der Waals surface area contributed by atoms with Gasteiger partial charge in [0.25, 0.3) is 0 Å². The SMILES string of the molecule is CCN(CC)S(=O)(=O)c1ccc2nn(CN(Cc3ccccc3)CC3CCCO3)c(=S)n2c1. The minimum atomic E-state index is -3.58. The van der Waals surface area contributed by atoms with Gasteiger partial charge in [-0.3, -0.25) is 9.30 Å². The average Bonchev–Trinajstić information content (AvgIpc) is 3.43. The van der Waals surface area contributed by atoms with Crippen LogP contribution in [0.15, 0.2) is 53.6 Å². The van der Waals surface area contributed by atoms with Crippen molar-refractivity contribution in [2.45, 2.75) is 50.9 Å². The lowest BCUT2D eigenvalue weighted by atomic mass is 10.2. The monoisotopic (exact) mass is 489 g/mol. The predicted molar refractivity (Wildman–Crippen MR) is 130 cm³/mol. The Kier molecular flexibility index (Phi) is 7.60. The van der Waals surface area contributed by atoms with Gasteiger partial charge in [-0.05, 0) is 42.8 Å². The molecule has 2 aromatic heterocycles. The molecule has 0 saturated carbocycles.